The number of halogens is 3. The zero-order valence-electron chi connectivity index (χ0n) is 16.5. The second kappa shape index (κ2) is 7.76. The molecule has 3 aromatic carbocycles. The number of hydrogen-bond donors (Lipinski definition) is 1. The van der Waals surface area contributed by atoms with Gasteiger partial charge in [-0.25, -0.2) is 4.68 Å². The van der Waals surface area contributed by atoms with Crippen LogP contribution in [0.25, 0.3) is 5.70 Å². The average Bonchev–Trinajstić information content (AvgIpc) is 3.26. The number of nitrogens with one attached hydrogen (secondary N) is 1. The van der Waals surface area contributed by atoms with Crippen molar-refractivity contribution in [3.05, 3.63) is 109 Å². The Morgan fingerprint density at radius 2 is 1.78 bits per heavy atom. The van der Waals surface area contributed by atoms with Crippen LogP contribution in [0, 0.1) is 0 Å². The molecule has 0 amide bonds. The molecule has 0 saturated carbocycles. The van der Waals surface area contributed by atoms with Crippen LogP contribution in [0.1, 0.15) is 28.8 Å². The van der Waals surface area contributed by atoms with Gasteiger partial charge in [0.05, 0.1) is 5.70 Å². The molecule has 2 atom stereocenters. The highest BCUT2D eigenvalue weighted by molar-refractivity contribution is 9.10. The van der Waals surface area contributed by atoms with E-state index in [0.29, 0.717) is 11.0 Å². The zero-order chi connectivity index (χ0) is 21.8. The lowest BCUT2D eigenvalue weighted by Crippen LogP contribution is -2.32. The fraction of sp³-hybridized carbons (Fsp3) is 0.0833. The predicted octanol–water partition coefficient (Wildman–Crippen LogP) is 7.02. The van der Waals surface area contributed by atoms with Crippen LogP contribution in [0.4, 0.5) is 5.95 Å². The quantitative estimate of drug-likeness (QED) is 0.282. The molecule has 8 heteroatoms. The van der Waals surface area contributed by atoms with Crippen molar-refractivity contribution in [1.82, 2.24) is 14.8 Å². The van der Waals surface area contributed by atoms with E-state index in [1.54, 1.807) is 6.33 Å². The third kappa shape index (κ3) is 3.27. The summed E-state index contributed by atoms with van der Waals surface area (Å²) in [6.45, 7) is 0. The summed E-state index contributed by atoms with van der Waals surface area (Å²) in [6.07, 6.45) is 1.25. The molecular weight excluding hydrogens is 556 g/mol. The summed E-state index contributed by atoms with van der Waals surface area (Å²) >= 11 is 13.5. The molecule has 0 spiro atoms. The maximum Gasteiger partial charge on any atom is 0.226 e. The molecule has 2 aliphatic rings. The van der Waals surface area contributed by atoms with Crippen LogP contribution >= 0.6 is 43.5 Å². The van der Waals surface area contributed by atoms with Crippen LogP contribution in [0.2, 0.25) is 5.02 Å². The number of nitrogens with zero attached hydrogens (tertiary/aromatic N) is 3. The first-order valence-corrected chi connectivity index (χ1v) is 11.9. The van der Waals surface area contributed by atoms with Crippen LogP contribution in [-0.4, -0.2) is 14.8 Å². The first-order chi connectivity index (χ1) is 15.6. The minimum absolute atomic E-state index is 0.201. The van der Waals surface area contributed by atoms with Gasteiger partial charge in [-0.05, 0) is 53.6 Å². The van der Waals surface area contributed by atoms with Crippen LogP contribution in [-0.2, 0) is 0 Å². The highest BCUT2D eigenvalue weighted by Gasteiger charge is 2.41. The number of ether oxygens (including phenoxy) is 1. The highest BCUT2D eigenvalue weighted by Crippen LogP contribution is 2.51. The molecule has 32 heavy (non-hydrogen) atoms. The topological polar surface area (TPSA) is 52.0 Å². The Balaban J connectivity index is 1.64. The molecule has 3 heterocycles. The molecule has 1 aromatic heterocycles. The molecule has 1 N–H and O–H groups in total. The normalized spacial score (nSPS) is 18.8. The molecule has 0 bridgehead atoms. The van der Waals surface area contributed by atoms with E-state index in [2.05, 4.69) is 71.5 Å². The van der Waals surface area contributed by atoms with Gasteiger partial charge in [-0.2, -0.15) is 10.1 Å². The van der Waals surface area contributed by atoms with Crippen LogP contribution in [0.5, 0.6) is 5.75 Å². The largest absolute Gasteiger partial charge is 0.480 e. The first-order valence-electron chi connectivity index (χ1n) is 9.96. The summed E-state index contributed by atoms with van der Waals surface area (Å²) < 4.78 is 10.5. The number of rotatable bonds is 2. The molecule has 6 rings (SSSR count). The van der Waals surface area contributed by atoms with Crippen LogP contribution in [0.3, 0.4) is 0 Å². The number of fused-ring (bicyclic) bond motifs is 3. The third-order valence-electron chi connectivity index (χ3n) is 5.71. The first kappa shape index (κ1) is 20.0. The maximum absolute atomic E-state index is 6.62. The van der Waals surface area contributed by atoms with Gasteiger partial charge in [0.15, 0.2) is 0 Å². The van der Waals surface area contributed by atoms with Crippen molar-refractivity contribution in [3.8, 4) is 5.75 Å². The van der Waals surface area contributed by atoms with Gasteiger partial charge in [0.2, 0.25) is 5.95 Å². The van der Waals surface area contributed by atoms with Gasteiger partial charge in [-0.1, -0.05) is 67.7 Å². The SMILES string of the molecule is Clc1ccc2c(c1)C1=C([C@H](c3cccc(Br)c3)O2)[C@H](c2ccc(Br)cc2)n2ncnc2N1. The molecule has 4 aromatic rings. The minimum atomic E-state index is -0.324. The fourth-order valence-electron chi connectivity index (χ4n) is 4.35. The van der Waals surface area contributed by atoms with Crippen molar-refractivity contribution < 1.29 is 4.74 Å². The van der Waals surface area contributed by atoms with Gasteiger partial charge in [0.25, 0.3) is 0 Å². The van der Waals surface area contributed by atoms with Gasteiger partial charge >= 0.3 is 0 Å². The number of aromatic nitrogens is 3. The second-order valence-electron chi connectivity index (χ2n) is 7.63. The van der Waals surface area contributed by atoms with Gasteiger partial charge in [-0.3, -0.25) is 0 Å². The van der Waals surface area contributed by atoms with Crippen molar-refractivity contribution in [2.45, 2.75) is 12.1 Å². The zero-order valence-corrected chi connectivity index (χ0v) is 20.4. The van der Waals surface area contributed by atoms with Gasteiger partial charge < -0.3 is 10.1 Å². The smallest absolute Gasteiger partial charge is 0.226 e. The molecule has 0 aliphatic carbocycles. The number of anilines is 1. The van der Waals surface area contributed by atoms with Gasteiger partial charge in [-0.15, -0.1) is 0 Å². The monoisotopic (exact) mass is 568 g/mol. The lowest BCUT2D eigenvalue weighted by molar-refractivity contribution is 0.223. The molecule has 158 valence electrons. The molecule has 0 fully saturated rings. The van der Waals surface area contributed by atoms with Crippen molar-refractivity contribution in [1.29, 1.82) is 0 Å². The van der Waals surface area contributed by atoms with Crippen LogP contribution in [0.15, 0.2) is 87.6 Å². The molecular formula is C24H15Br2ClN4O. The predicted molar refractivity (Wildman–Crippen MR) is 132 cm³/mol. The van der Waals surface area contributed by atoms with Crippen molar-refractivity contribution >= 4 is 55.1 Å². The lowest BCUT2D eigenvalue weighted by atomic mass is 9.84. The Kier molecular flexibility index (Phi) is 4.86. The molecule has 0 radical (unpaired) electrons. The Hall–Kier alpha value is -2.61. The van der Waals surface area contributed by atoms with Crippen molar-refractivity contribution in [3.63, 3.8) is 0 Å². The summed E-state index contributed by atoms with van der Waals surface area (Å²) in [5.41, 5.74) is 5.04. The van der Waals surface area contributed by atoms with Crippen LogP contribution < -0.4 is 10.1 Å². The van der Waals surface area contributed by atoms with E-state index in [4.69, 9.17) is 16.3 Å². The highest BCUT2D eigenvalue weighted by atomic mass is 79.9. The van der Waals surface area contributed by atoms with Crippen molar-refractivity contribution in [2.24, 2.45) is 0 Å². The van der Waals surface area contributed by atoms with E-state index in [1.807, 2.05) is 47.1 Å². The summed E-state index contributed by atoms with van der Waals surface area (Å²) in [6, 6.07) is 22.0. The van der Waals surface area contributed by atoms with Crippen molar-refractivity contribution in [2.75, 3.05) is 5.32 Å². The molecule has 0 saturated heterocycles. The van der Waals surface area contributed by atoms with Gasteiger partial charge in [0, 0.05) is 25.1 Å². The van der Waals surface area contributed by atoms with Gasteiger partial charge in [0.1, 0.15) is 24.2 Å². The minimum Gasteiger partial charge on any atom is -0.480 e. The second-order valence-corrected chi connectivity index (χ2v) is 9.90. The maximum atomic E-state index is 6.62. The Labute approximate surface area is 206 Å². The Morgan fingerprint density at radius 3 is 2.59 bits per heavy atom. The molecule has 2 aliphatic heterocycles. The standard InChI is InChI=1S/C24H15Br2ClN4O/c25-15-6-4-13(5-7-15)22-20-21(30-24-28-12-29-31(22)24)18-11-17(27)8-9-19(18)32-23(20)14-2-1-3-16(26)10-14/h1-12,22-23H,(H,28,29,30)/t22-,23-/m0/s1. The summed E-state index contributed by atoms with van der Waals surface area (Å²) in [4.78, 5) is 4.46. The summed E-state index contributed by atoms with van der Waals surface area (Å²) in [5, 5.41) is 8.70. The summed E-state index contributed by atoms with van der Waals surface area (Å²) in [5.74, 6) is 1.45. The number of hydrogen-bond acceptors (Lipinski definition) is 4. The van der Waals surface area contributed by atoms with E-state index in [1.165, 1.54) is 0 Å². The van der Waals surface area contributed by atoms with E-state index in [9.17, 15) is 0 Å². The average molecular weight is 571 g/mol. The molecule has 5 nitrogen and oxygen atoms in total. The van der Waals surface area contributed by atoms with E-state index < -0.39 is 0 Å². The summed E-state index contributed by atoms with van der Waals surface area (Å²) in [7, 11) is 0. The Bertz CT molecular complexity index is 1380. The van der Waals surface area contributed by atoms with E-state index in [0.717, 1.165) is 42.7 Å². The van der Waals surface area contributed by atoms with E-state index in [-0.39, 0.29) is 12.1 Å². The van der Waals surface area contributed by atoms with E-state index >= 15 is 0 Å². The Morgan fingerprint density at radius 1 is 0.938 bits per heavy atom. The lowest BCUT2D eigenvalue weighted by Gasteiger charge is -2.39. The number of benzene rings is 3. The fourth-order valence-corrected chi connectivity index (χ4v) is 5.21. The third-order valence-corrected chi connectivity index (χ3v) is 6.97. The molecule has 0 unspecified atom stereocenters.